The monoisotopic (exact) mass is 800 g/mol. The molecule has 18 heteroatoms. The lowest BCUT2D eigenvalue weighted by Crippen LogP contribution is -2.48. The number of nitrogens with one attached hydrogen (secondary N) is 5. The van der Waals surface area contributed by atoms with Crippen LogP contribution in [-0.4, -0.2) is 111 Å². The number of H-pyrrole nitrogens is 2. The number of aliphatic carboxylic acids is 2. The highest BCUT2D eigenvalue weighted by Crippen LogP contribution is 2.32. The van der Waals surface area contributed by atoms with E-state index in [1.165, 1.54) is 14.2 Å². The standard InChI is InChI=1S/C37H42N8O8.C3H6O2/c1-52-36(50)40-22-32(46)38-18-4-3-7-31-41-26-15-12-24(20-28(26)42-31)9-8-23-10-13-25(14-11-23)29-21-39-34(43-29)30-6-5-19-45(30)35(49)27(16-17-33(47)48)44-37(51)53-2;1-2-3(4)5/h10-15,20-21,27,30H,3-7,16-19,22H2,1-2H3,(H,38,46)(H,39,43)(H,40,50)(H,41,42)(H,44,51)(H,47,48);2H2,1H3,(H,4,5). The summed E-state index contributed by atoms with van der Waals surface area (Å²) in [6.45, 7) is 2.41. The number of methoxy groups -OCH3 is 2. The molecule has 0 radical (unpaired) electrons. The average molecular weight is 801 g/mol. The van der Waals surface area contributed by atoms with Gasteiger partial charge in [-0.3, -0.25) is 19.2 Å². The Morgan fingerprint density at radius 2 is 1.64 bits per heavy atom. The highest BCUT2D eigenvalue weighted by atomic mass is 16.5. The average Bonchev–Trinajstić information content (AvgIpc) is 4.00. The number of fused-ring (bicyclic) bond motifs is 1. The number of carbonyl (C=O) groups excluding carboxylic acids is 4. The van der Waals surface area contributed by atoms with Gasteiger partial charge in [0, 0.05) is 43.5 Å². The van der Waals surface area contributed by atoms with Crippen molar-refractivity contribution in [2.24, 2.45) is 0 Å². The van der Waals surface area contributed by atoms with Gasteiger partial charge in [0.2, 0.25) is 11.8 Å². The number of imidazole rings is 2. The van der Waals surface area contributed by atoms with Crippen LogP contribution in [0.3, 0.4) is 0 Å². The van der Waals surface area contributed by atoms with Crippen molar-refractivity contribution in [2.75, 3.05) is 33.9 Å². The topological polar surface area (TPSA) is 258 Å². The minimum Gasteiger partial charge on any atom is -0.481 e. The molecule has 1 fully saturated rings. The number of unbranched alkanes of at least 4 members (excludes halogenated alkanes) is 1. The molecule has 1 aliphatic heterocycles. The largest absolute Gasteiger partial charge is 0.481 e. The first-order valence-electron chi connectivity index (χ1n) is 18.7. The zero-order chi connectivity index (χ0) is 42.0. The summed E-state index contributed by atoms with van der Waals surface area (Å²) in [4.78, 5) is 86.2. The quantitative estimate of drug-likeness (QED) is 0.0668. The lowest BCUT2D eigenvalue weighted by molar-refractivity contribution is -0.139. The van der Waals surface area contributed by atoms with E-state index in [4.69, 9.17) is 10.2 Å². The molecule has 7 N–H and O–H groups in total. The summed E-state index contributed by atoms with van der Waals surface area (Å²) in [7, 11) is 2.42. The van der Waals surface area contributed by atoms with Crippen molar-refractivity contribution in [2.45, 2.75) is 70.4 Å². The molecule has 2 aromatic carbocycles. The van der Waals surface area contributed by atoms with Crippen molar-refractivity contribution in [1.82, 2.24) is 40.8 Å². The fourth-order valence-corrected chi connectivity index (χ4v) is 5.96. The minimum absolute atomic E-state index is 0.0591. The highest BCUT2D eigenvalue weighted by Gasteiger charge is 2.36. The third-order valence-electron chi connectivity index (χ3n) is 8.99. The Hall–Kier alpha value is -6.90. The Bertz CT molecular complexity index is 2120. The maximum absolute atomic E-state index is 13.4. The molecule has 0 aliphatic carbocycles. The van der Waals surface area contributed by atoms with Crippen molar-refractivity contribution >= 4 is 47.0 Å². The van der Waals surface area contributed by atoms with E-state index >= 15 is 0 Å². The summed E-state index contributed by atoms with van der Waals surface area (Å²) in [6, 6.07) is 12.2. The van der Waals surface area contributed by atoms with Gasteiger partial charge >= 0.3 is 24.1 Å². The molecule has 2 unspecified atom stereocenters. The number of hydrogen-bond donors (Lipinski definition) is 7. The van der Waals surface area contributed by atoms with Gasteiger partial charge in [-0.15, -0.1) is 0 Å². The number of benzene rings is 2. The summed E-state index contributed by atoms with van der Waals surface area (Å²) >= 11 is 0. The minimum atomic E-state index is -1.06. The fraction of sp³-hybridized carbons (Fsp3) is 0.400. The van der Waals surface area contributed by atoms with Crippen LogP contribution in [0.1, 0.15) is 80.7 Å². The van der Waals surface area contributed by atoms with E-state index in [0.717, 1.165) is 64.9 Å². The van der Waals surface area contributed by atoms with Gasteiger partial charge in [0.15, 0.2) is 0 Å². The number of carbonyl (C=O) groups is 6. The first-order valence-corrected chi connectivity index (χ1v) is 18.7. The molecule has 308 valence electrons. The SMILES string of the molecule is CCC(=O)O.COC(=O)NCC(=O)NCCCCc1nc2ccc(C#Cc3ccc(-c4cnc(C5CCCN5C(=O)C(CCC(=O)O)NC(=O)OC)[nH]4)cc3)cc2[nH]1. The molecule has 5 rings (SSSR count). The molecule has 4 amide bonds. The molecule has 0 saturated carbocycles. The van der Waals surface area contributed by atoms with Crippen molar-refractivity contribution in [3.05, 3.63) is 71.4 Å². The van der Waals surface area contributed by atoms with Gasteiger partial charge in [-0.25, -0.2) is 19.6 Å². The Balaban J connectivity index is 0.00000140. The zero-order valence-corrected chi connectivity index (χ0v) is 32.6. The Labute approximate surface area is 334 Å². The van der Waals surface area contributed by atoms with Gasteiger partial charge in [0.05, 0.1) is 49.7 Å². The second-order valence-electron chi connectivity index (χ2n) is 13.1. The third kappa shape index (κ3) is 13.4. The number of ether oxygens (including phenoxy) is 2. The Morgan fingerprint density at radius 1 is 0.931 bits per heavy atom. The molecular weight excluding hydrogens is 752 g/mol. The van der Waals surface area contributed by atoms with E-state index in [9.17, 15) is 28.8 Å². The number of carboxylic acids is 2. The number of aromatic nitrogens is 4. The van der Waals surface area contributed by atoms with E-state index in [0.29, 0.717) is 25.3 Å². The number of aromatic amines is 2. The molecule has 58 heavy (non-hydrogen) atoms. The van der Waals surface area contributed by atoms with Crippen LogP contribution in [0.5, 0.6) is 0 Å². The van der Waals surface area contributed by atoms with E-state index in [2.05, 4.69) is 57.2 Å². The van der Waals surface area contributed by atoms with Crippen LogP contribution in [0.15, 0.2) is 48.7 Å². The third-order valence-corrected chi connectivity index (χ3v) is 8.99. The summed E-state index contributed by atoms with van der Waals surface area (Å²) in [5.41, 5.74) is 5.05. The van der Waals surface area contributed by atoms with Gasteiger partial charge < -0.3 is 50.5 Å². The predicted octanol–water partition coefficient (Wildman–Crippen LogP) is 3.88. The van der Waals surface area contributed by atoms with Crippen molar-refractivity contribution in [1.29, 1.82) is 0 Å². The van der Waals surface area contributed by atoms with Crippen LogP contribution in [0.2, 0.25) is 0 Å². The zero-order valence-electron chi connectivity index (χ0n) is 32.6. The number of rotatable bonds is 15. The second kappa shape index (κ2) is 22.0. The maximum atomic E-state index is 13.4. The Morgan fingerprint density at radius 3 is 2.33 bits per heavy atom. The number of amides is 4. The van der Waals surface area contributed by atoms with Crippen LogP contribution in [0.25, 0.3) is 22.3 Å². The molecule has 1 saturated heterocycles. The van der Waals surface area contributed by atoms with E-state index in [-0.39, 0.29) is 43.7 Å². The summed E-state index contributed by atoms with van der Waals surface area (Å²) in [6.07, 6.45) is 3.85. The lowest BCUT2D eigenvalue weighted by atomic mass is 10.1. The van der Waals surface area contributed by atoms with Crippen molar-refractivity contribution in [3.8, 4) is 23.1 Å². The summed E-state index contributed by atoms with van der Waals surface area (Å²) in [5, 5.41) is 24.4. The first-order chi connectivity index (χ1) is 27.9. The van der Waals surface area contributed by atoms with Crippen LogP contribution in [-0.2, 0) is 35.1 Å². The molecule has 2 atom stereocenters. The van der Waals surface area contributed by atoms with Gasteiger partial charge in [-0.1, -0.05) is 30.9 Å². The first kappa shape index (κ1) is 43.8. The van der Waals surface area contributed by atoms with Crippen LogP contribution in [0, 0.1) is 11.8 Å². The van der Waals surface area contributed by atoms with E-state index in [1.54, 1.807) is 18.0 Å². The van der Waals surface area contributed by atoms with Crippen molar-refractivity contribution in [3.63, 3.8) is 0 Å². The fourth-order valence-electron chi connectivity index (χ4n) is 5.96. The van der Waals surface area contributed by atoms with Gasteiger partial charge in [-0.2, -0.15) is 0 Å². The van der Waals surface area contributed by atoms with E-state index in [1.807, 2.05) is 42.5 Å². The molecule has 2 aromatic heterocycles. The lowest BCUT2D eigenvalue weighted by Gasteiger charge is -2.28. The van der Waals surface area contributed by atoms with Crippen molar-refractivity contribution < 1.29 is 48.5 Å². The predicted molar refractivity (Wildman–Crippen MR) is 210 cm³/mol. The number of hydrogen-bond acceptors (Lipinski definition) is 10. The molecule has 3 heterocycles. The molecule has 1 aliphatic rings. The molecular formula is C40H48N8O10. The summed E-state index contributed by atoms with van der Waals surface area (Å²) in [5.74, 6) is 5.41. The molecule has 0 bridgehead atoms. The smallest absolute Gasteiger partial charge is 0.407 e. The van der Waals surface area contributed by atoms with Gasteiger partial charge in [0.25, 0.3) is 0 Å². The number of nitrogens with zero attached hydrogens (tertiary/aromatic N) is 3. The number of likely N-dealkylation sites (tertiary alicyclic amines) is 1. The molecule has 4 aromatic rings. The van der Waals surface area contributed by atoms with Gasteiger partial charge in [-0.05, 0) is 68.0 Å². The number of alkyl carbamates (subject to hydrolysis) is 2. The Kier molecular flexibility index (Phi) is 16.6. The molecule has 0 spiro atoms. The number of aryl methyl sites for hydroxylation is 1. The van der Waals surface area contributed by atoms with E-state index < -0.39 is 30.2 Å². The normalized spacial score (nSPS) is 13.6. The maximum Gasteiger partial charge on any atom is 0.407 e. The number of carboxylic acid groups (broad SMARTS) is 2. The second-order valence-corrected chi connectivity index (χ2v) is 13.1. The van der Waals surface area contributed by atoms with Crippen LogP contribution >= 0.6 is 0 Å². The van der Waals surface area contributed by atoms with Crippen LogP contribution < -0.4 is 16.0 Å². The van der Waals surface area contributed by atoms with Gasteiger partial charge in [0.1, 0.15) is 17.7 Å². The molecule has 18 nitrogen and oxygen atoms in total. The van der Waals surface area contributed by atoms with Crippen LogP contribution in [0.4, 0.5) is 9.59 Å². The highest BCUT2D eigenvalue weighted by molar-refractivity contribution is 5.87. The summed E-state index contributed by atoms with van der Waals surface area (Å²) < 4.78 is 9.08.